The van der Waals surface area contributed by atoms with Crippen LogP contribution in [-0.4, -0.2) is 9.97 Å². The maximum atomic E-state index is 5.85. The third kappa shape index (κ3) is 3.08. The number of halogens is 1. The molecule has 3 nitrogen and oxygen atoms in total. The van der Waals surface area contributed by atoms with Crippen molar-refractivity contribution < 1.29 is 0 Å². The van der Waals surface area contributed by atoms with Gasteiger partial charge in [-0.1, -0.05) is 23.7 Å². The van der Waals surface area contributed by atoms with E-state index in [0.717, 1.165) is 35.1 Å². The van der Waals surface area contributed by atoms with Crippen LogP contribution in [0.1, 0.15) is 22.8 Å². The van der Waals surface area contributed by atoms with E-state index in [1.807, 2.05) is 31.2 Å². The summed E-state index contributed by atoms with van der Waals surface area (Å²) in [4.78, 5) is 7.63. The average molecular weight is 250 g/mol. The van der Waals surface area contributed by atoms with E-state index in [9.17, 15) is 0 Å². The van der Waals surface area contributed by atoms with Gasteiger partial charge < -0.3 is 10.7 Å². The lowest BCUT2D eigenvalue weighted by Crippen LogP contribution is -2.02. The Bertz CT molecular complexity index is 488. The summed E-state index contributed by atoms with van der Waals surface area (Å²) in [6, 6.07) is 7.92. The highest BCUT2D eigenvalue weighted by Gasteiger charge is 2.06. The number of H-pyrrole nitrogens is 1. The van der Waals surface area contributed by atoms with Crippen molar-refractivity contribution in [2.75, 3.05) is 0 Å². The largest absolute Gasteiger partial charge is 0.345 e. The summed E-state index contributed by atoms with van der Waals surface area (Å²) < 4.78 is 0. The number of nitrogens with two attached hydrogens (primary N) is 1. The molecule has 0 atom stereocenters. The van der Waals surface area contributed by atoms with Gasteiger partial charge in [-0.2, -0.15) is 0 Å². The van der Waals surface area contributed by atoms with E-state index in [4.69, 9.17) is 17.3 Å². The predicted molar refractivity (Wildman–Crippen MR) is 70.1 cm³/mol. The van der Waals surface area contributed by atoms with Gasteiger partial charge in [-0.15, -0.1) is 0 Å². The molecule has 2 aromatic rings. The zero-order valence-electron chi connectivity index (χ0n) is 9.83. The fourth-order valence-electron chi connectivity index (χ4n) is 1.88. The van der Waals surface area contributed by atoms with E-state index in [0.29, 0.717) is 6.54 Å². The van der Waals surface area contributed by atoms with Crippen molar-refractivity contribution in [1.29, 1.82) is 0 Å². The van der Waals surface area contributed by atoms with Crippen molar-refractivity contribution in [2.24, 2.45) is 5.73 Å². The molecule has 1 aromatic carbocycles. The van der Waals surface area contributed by atoms with E-state index < -0.39 is 0 Å². The van der Waals surface area contributed by atoms with Gasteiger partial charge in [-0.3, -0.25) is 0 Å². The molecule has 0 spiro atoms. The van der Waals surface area contributed by atoms with Gasteiger partial charge >= 0.3 is 0 Å². The Labute approximate surface area is 106 Å². The van der Waals surface area contributed by atoms with Crippen LogP contribution in [-0.2, 0) is 19.4 Å². The lowest BCUT2D eigenvalue weighted by atomic mass is 10.1. The van der Waals surface area contributed by atoms with Crippen LogP contribution < -0.4 is 5.73 Å². The summed E-state index contributed by atoms with van der Waals surface area (Å²) in [5, 5.41) is 0.770. The van der Waals surface area contributed by atoms with Gasteiger partial charge in [0.2, 0.25) is 0 Å². The van der Waals surface area contributed by atoms with Gasteiger partial charge in [0.15, 0.2) is 0 Å². The van der Waals surface area contributed by atoms with Crippen molar-refractivity contribution in [1.82, 2.24) is 9.97 Å². The molecule has 0 fully saturated rings. The number of aromatic amines is 1. The van der Waals surface area contributed by atoms with Crippen LogP contribution >= 0.6 is 11.6 Å². The molecule has 4 heteroatoms. The molecular weight excluding hydrogens is 234 g/mol. The molecule has 0 unspecified atom stereocenters. The quantitative estimate of drug-likeness (QED) is 0.875. The molecule has 17 heavy (non-hydrogen) atoms. The second kappa shape index (κ2) is 5.34. The first-order valence-electron chi connectivity index (χ1n) is 5.68. The van der Waals surface area contributed by atoms with Crippen LogP contribution in [0.3, 0.4) is 0 Å². The molecule has 0 radical (unpaired) electrons. The van der Waals surface area contributed by atoms with Crippen molar-refractivity contribution in [3.8, 4) is 0 Å². The van der Waals surface area contributed by atoms with Gasteiger partial charge in [0.25, 0.3) is 0 Å². The lowest BCUT2D eigenvalue weighted by Gasteiger charge is -2.01. The highest BCUT2D eigenvalue weighted by molar-refractivity contribution is 6.30. The maximum Gasteiger partial charge on any atom is 0.103 e. The highest BCUT2D eigenvalue weighted by Crippen LogP contribution is 2.13. The van der Waals surface area contributed by atoms with Crippen LogP contribution in [0.2, 0.25) is 5.02 Å². The Balaban J connectivity index is 2.04. The van der Waals surface area contributed by atoms with E-state index in [1.165, 1.54) is 5.56 Å². The third-order valence-corrected chi connectivity index (χ3v) is 3.00. The minimum Gasteiger partial charge on any atom is -0.345 e. The van der Waals surface area contributed by atoms with E-state index >= 15 is 0 Å². The van der Waals surface area contributed by atoms with E-state index in [2.05, 4.69) is 9.97 Å². The molecule has 90 valence electrons. The SMILES string of the molecule is Cc1nc(CCc2ccc(Cl)cc2)c(CN)[nH]1. The minimum absolute atomic E-state index is 0.511. The number of benzene rings is 1. The molecule has 0 aliphatic heterocycles. The van der Waals surface area contributed by atoms with Gasteiger partial charge in [0, 0.05) is 11.6 Å². The lowest BCUT2D eigenvalue weighted by molar-refractivity contribution is 0.884. The average Bonchev–Trinajstić information content (AvgIpc) is 2.69. The van der Waals surface area contributed by atoms with Crippen LogP contribution in [0, 0.1) is 6.92 Å². The number of aryl methyl sites for hydroxylation is 3. The van der Waals surface area contributed by atoms with Crippen molar-refractivity contribution >= 4 is 11.6 Å². The smallest absolute Gasteiger partial charge is 0.103 e. The molecule has 0 aliphatic rings. The van der Waals surface area contributed by atoms with Gasteiger partial charge in [0.1, 0.15) is 5.82 Å². The standard InChI is InChI=1S/C13H16ClN3/c1-9-16-12(13(8-15)17-9)7-4-10-2-5-11(14)6-3-10/h2-3,5-6H,4,7-8,15H2,1H3,(H,16,17). The number of nitrogens with one attached hydrogen (secondary N) is 1. The second-order valence-corrected chi connectivity index (χ2v) is 4.51. The Morgan fingerprint density at radius 3 is 2.59 bits per heavy atom. The van der Waals surface area contributed by atoms with Crippen LogP contribution in [0.5, 0.6) is 0 Å². The molecule has 0 amide bonds. The predicted octanol–water partition coefficient (Wildman–Crippen LogP) is 2.62. The summed E-state index contributed by atoms with van der Waals surface area (Å²) >= 11 is 5.85. The fourth-order valence-corrected chi connectivity index (χ4v) is 2.00. The first-order valence-corrected chi connectivity index (χ1v) is 6.05. The second-order valence-electron chi connectivity index (χ2n) is 4.08. The van der Waals surface area contributed by atoms with E-state index in [-0.39, 0.29) is 0 Å². The first kappa shape index (κ1) is 12.1. The van der Waals surface area contributed by atoms with Crippen LogP contribution in [0.15, 0.2) is 24.3 Å². The Hall–Kier alpha value is -1.32. The zero-order valence-corrected chi connectivity index (χ0v) is 10.6. The van der Waals surface area contributed by atoms with E-state index in [1.54, 1.807) is 0 Å². The molecular formula is C13H16ClN3. The number of rotatable bonds is 4. The number of aromatic nitrogens is 2. The summed E-state index contributed by atoms with van der Waals surface area (Å²) in [6.07, 6.45) is 1.85. The van der Waals surface area contributed by atoms with Crippen molar-refractivity contribution in [3.05, 3.63) is 52.1 Å². The molecule has 0 saturated carbocycles. The maximum absolute atomic E-state index is 5.85. The van der Waals surface area contributed by atoms with Gasteiger partial charge in [0.05, 0.1) is 11.4 Å². The fraction of sp³-hybridized carbons (Fsp3) is 0.308. The van der Waals surface area contributed by atoms with Gasteiger partial charge in [-0.05, 0) is 37.5 Å². The molecule has 0 bridgehead atoms. The number of hydrogen-bond acceptors (Lipinski definition) is 2. The zero-order chi connectivity index (χ0) is 12.3. The van der Waals surface area contributed by atoms with Gasteiger partial charge in [-0.25, -0.2) is 4.98 Å². The Morgan fingerprint density at radius 1 is 1.24 bits per heavy atom. The van der Waals surface area contributed by atoms with Crippen molar-refractivity contribution in [3.63, 3.8) is 0 Å². The molecule has 0 aliphatic carbocycles. The Morgan fingerprint density at radius 2 is 1.94 bits per heavy atom. The van der Waals surface area contributed by atoms with Crippen LogP contribution in [0.4, 0.5) is 0 Å². The summed E-state index contributed by atoms with van der Waals surface area (Å²) in [5.41, 5.74) is 9.03. The van der Waals surface area contributed by atoms with Crippen LogP contribution in [0.25, 0.3) is 0 Å². The summed E-state index contributed by atoms with van der Waals surface area (Å²) in [7, 11) is 0. The molecule has 2 rings (SSSR count). The summed E-state index contributed by atoms with van der Waals surface area (Å²) in [6.45, 7) is 2.46. The first-order chi connectivity index (χ1) is 8.19. The molecule has 1 aromatic heterocycles. The topological polar surface area (TPSA) is 54.7 Å². The third-order valence-electron chi connectivity index (χ3n) is 2.75. The highest BCUT2D eigenvalue weighted by atomic mass is 35.5. The number of nitrogens with zero attached hydrogens (tertiary/aromatic N) is 1. The number of hydrogen-bond donors (Lipinski definition) is 2. The molecule has 1 heterocycles. The molecule has 3 N–H and O–H groups in total. The Kier molecular flexibility index (Phi) is 3.82. The minimum atomic E-state index is 0.511. The number of imidazole rings is 1. The van der Waals surface area contributed by atoms with Crippen molar-refractivity contribution in [2.45, 2.75) is 26.3 Å². The summed E-state index contributed by atoms with van der Waals surface area (Å²) in [5.74, 6) is 0.927. The molecule has 0 saturated heterocycles. The normalized spacial score (nSPS) is 10.8. The monoisotopic (exact) mass is 249 g/mol.